The van der Waals surface area contributed by atoms with E-state index in [1.807, 2.05) is 6.07 Å². The van der Waals surface area contributed by atoms with E-state index in [1.54, 1.807) is 18.2 Å². The highest BCUT2D eigenvalue weighted by Crippen LogP contribution is 1.95. The van der Waals surface area contributed by atoms with E-state index in [9.17, 15) is 0 Å². The third-order valence-corrected chi connectivity index (χ3v) is 1.13. The first-order valence-electron chi connectivity index (χ1n) is 2.93. The Bertz CT molecular complexity index is 267. The first kappa shape index (κ1) is 9.89. The second-order valence-corrected chi connectivity index (χ2v) is 1.83. The van der Waals surface area contributed by atoms with Crippen LogP contribution in [0, 0.1) is 11.3 Å². The molecule has 0 aliphatic carbocycles. The molecule has 0 atom stereocenters. The fraction of sp³-hybridized carbons (Fsp3) is 0.143. The van der Waals surface area contributed by atoms with Gasteiger partial charge in [-0.3, -0.25) is 0 Å². The third-order valence-electron chi connectivity index (χ3n) is 1.13. The Labute approximate surface area is 71.3 Å². The summed E-state index contributed by atoms with van der Waals surface area (Å²) in [5.41, 5.74) is 6.47. The van der Waals surface area contributed by atoms with E-state index < -0.39 is 0 Å². The van der Waals surface area contributed by atoms with Crippen molar-refractivity contribution in [2.24, 2.45) is 5.73 Å². The topological polar surface area (TPSA) is 62.7 Å². The minimum absolute atomic E-state index is 0. The summed E-state index contributed by atoms with van der Waals surface area (Å²) in [5, 5.41) is 8.40. The highest BCUT2D eigenvalue weighted by atomic mass is 35.5. The molecule has 0 fully saturated rings. The van der Waals surface area contributed by atoms with Gasteiger partial charge in [0.1, 0.15) is 11.8 Å². The minimum Gasteiger partial charge on any atom is -0.325 e. The van der Waals surface area contributed by atoms with Crippen molar-refractivity contribution in [2.75, 3.05) is 0 Å². The number of nitrogens with zero attached hydrogens (tertiary/aromatic N) is 2. The number of hydrogen-bond donors (Lipinski definition) is 1. The van der Waals surface area contributed by atoms with Crippen LogP contribution in [0.5, 0.6) is 0 Å². The largest absolute Gasteiger partial charge is 0.325 e. The average Bonchev–Trinajstić information content (AvgIpc) is 2.05. The lowest BCUT2D eigenvalue weighted by Gasteiger charge is -1.92. The summed E-state index contributed by atoms with van der Waals surface area (Å²) in [6.07, 6.45) is 0. The summed E-state index contributed by atoms with van der Waals surface area (Å²) >= 11 is 0. The first-order valence-corrected chi connectivity index (χ1v) is 2.93. The standard InChI is InChI=1S/C7H7N3.ClH/c8-4-6-2-1-3-7(5-9)10-6;/h1-3H,4,8H2;1H. The quantitative estimate of drug-likeness (QED) is 0.678. The van der Waals surface area contributed by atoms with Gasteiger partial charge in [0, 0.05) is 6.54 Å². The van der Waals surface area contributed by atoms with E-state index in [0.29, 0.717) is 12.2 Å². The predicted molar refractivity (Wildman–Crippen MR) is 44.1 cm³/mol. The maximum absolute atomic E-state index is 8.40. The van der Waals surface area contributed by atoms with E-state index in [1.165, 1.54) is 0 Å². The molecular formula is C7H8ClN3. The molecule has 0 radical (unpaired) electrons. The van der Waals surface area contributed by atoms with Crippen molar-refractivity contribution in [3.63, 3.8) is 0 Å². The van der Waals surface area contributed by atoms with Gasteiger partial charge in [-0.2, -0.15) is 5.26 Å². The van der Waals surface area contributed by atoms with Crippen LogP contribution in [0.3, 0.4) is 0 Å². The lowest BCUT2D eigenvalue weighted by atomic mass is 10.3. The van der Waals surface area contributed by atoms with Crippen molar-refractivity contribution in [1.82, 2.24) is 4.98 Å². The molecule has 4 heteroatoms. The fourth-order valence-corrected chi connectivity index (χ4v) is 0.656. The molecule has 11 heavy (non-hydrogen) atoms. The zero-order valence-corrected chi connectivity index (χ0v) is 6.64. The number of hydrogen-bond acceptors (Lipinski definition) is 3. The van der Waals surface area contributed by atoms with Crippen molar-refractivity contribution in [1.29, 1.82) is 5.26 Å². The number of rotatable bonds is 1. The molecule has 0 bridgehead atoms. The van der Waals surface area contributed by atoms with Gasteiger partial charge in [0.05, 0.1) is 5.69 Å². The van der Waals surface area contributed by atoms with Crippen LogP contribution in [0.25, 0.3) is 0 Å². The zero-order chi connectivity index (χ0) is 7.40. The molecule has 0 amide bonds. The van der Waals surface area contributed by atoms with Crippen LogP contribution >= 0.6 is 12.4 Å². The van der Waals surface area contributed by atoms with Crippen LogP contribution in [-0.2, 0) is 6.54 Å². The van der Waals surface area contributed by atoms with Gasteiger partial charge in [0.25, 0.3) is 0 Å². The van der Waals surface area contributed by atoms with Gasteiger partial charge in [-0.05, 0) is 12.1 Å². The molecule has 1 rings (SSSR count). The Morgan fingerprint density at radius 3 is 2.82 bits per heavy atom. The van der Waals surface area contributed by atoms with Crippen molar-refractivity contribution < 1.29 is 0 Å². The average molecular weight is 170 g/mol. The van der Waals surface area contributed by atoms with Crippen molar-refractivity contribution >= 4 is 12.4 Å². The first-order chi connectivity index (χ1) is 4.86. The molecule has 2 N–H and O–H groups in total. The zero-order valence-electron chi connectivity index (χ0n) is 5.82. The van der Waals surface area contributed by atoms with Gasteiger partial charge in [-0.1, -0.05) is 6.07 Å². The van der Waals surface area contributed by atoms with Gasteiger partial charge in [-0.25, -0.2) is 4.98 Å². The van der Waals surface area contributed by atoms with Gasteiger partial charge < -0.3 is 5.73 Å². The highest BCUT2D eigenvalue weighted by molar-refractivity contribution is 5.85. The van der Waals surface area contributed by atoms with Crippen LogP contribution < -0.4 is 5.73 Å². The number of halogens is 1. The normalized spacial score (nSPS) is 8.00. The molecule has 0 aliphatic heterocycles. The lowest BCUT2D eigenvalue weighted by Crippen LogP contribution is -1.99. The molecule has 0 aliphatic rings. The second kappa shape index (κ2) is 4.67. The highest BCUT2D eigenvalue weighted by Gasteiger charge is 1.91. The Morgan fingerprint density at radius 1 is 1.55 bits per heavy atom. The molecule has 3 nitrogen and oxygen atoms in total. The summed E-state index contributed by atoms with van der Waals surface area (Å²) in [6, 6.07) is 7.15. The summed E-state index contributed by atoms with van der Waals surface area (Å²) < 4.78 is 0. The summed E-state index contributed by atoms with van der Waals surface area (Å²) in [5.74, 6) is 0. The molecule has 1 aromatic heterocycles. The molecular weight excluding hydrogens is 162 g/mol. The van der Waals surface area contributed by atoms with Gasteiger partial charge in [0.15, 0.2) is 0 Å². The molecule has 0 unspecified atom stereocenters. The number of nitrogens with two attached hydrogens (primary N) is 1. The smallest absolute Gasteiger partial charge is 0.140 e. The number of aromatic nitrogens is 1. The van der Waals surface area contributed by atoms with Crippen LogP contribution in [0.15, 0.2) is 18.2 Å². The van der Waals surface area contributed by atoms with Gasteiger partial charge >= 0.3 is 0 Å². The summed E-state index contributed by atoms with van der Waals surface area (Å²) in [4.78, 5) is 3.92. The van der Waals surface area contributed by atoms with Crippen LogP contribution in [-0.4, -0.2) is 4.98 Å². The molecule has 58 valence electrons. The van der Waals surface area contributed by atoms with Crippen molar-refractivity contribution in [3.8, 4) is 6.07 Å². The van der Waals surface area contributed by atoms with Crippen molar-refractivity contribution in [2.45, 2.75) is 6.54 Å². The summed E-state index contributed by atoms with van der Waals surface area (Å²) in [6.45, 7) is 0.384. The Morgan fingerprint density at radius 2 is 2.27 bits per heavy atom. The molecule has 1 heterocycles. The molecule has 0 aromatic carbocycles. The van der Waals surface area contributed by atoms with Gasteiger partial charge in [-0.15, -0.1) is 12.4 Å². The van der Waals surface area contributed by atoms with Crippen LogP contribution in [0.1, 0.15) is 11.4 Å². The van der Waals surface area contributed by atoms with E-state index >= 15 is 0 Å². The van der Waals surface area contributed by atoms with Crippen LogP contribution in [0.2, 0.25) is 0 Å². The number of pyridine rings is 1. The minimum atomic E-state index is 0. The van der Waals surface area contributed by atoms with Crippen LogP contribution in [0.4, 0.5) is 0 Å². The Hall–Kier alpha value is -1.11. The fourth-order valence-electron chi connectivity index (χ4n) is 0.656. The van der Waals surface area contributed by atoms with E-state index in [0.717, 1.165) is 5.69 Å². The third kappa shape index (κ3) is 2.54. The maximum atomic E-state index is 8.40. The predicted octanol–water partition coefficient (Wildman–Crippen LogP) is 0.834. The molecule has 0 saturated heterocycles. The van der Waals surface area contributed by atoms with E-state index in [-0.39, 0.29) is 12.4 Å². The van der Waals surface area contributed by atoms with Gasteiger partial charge in [0.2, 0.25) is 0 Å². The molecule has 0 spiro atoms. The SMILES string of the molecule is Cl.N#Cc1cccc(CN)n1. The Balaban J connectivity index is 0.000001000. The number of nitriles is 1. The van der Waals surface area contributed by atoms with Crippen molar-refractivity contribution in [3.05, 3.63) is 29.6 Å². The lowest BCUT2D eigenvalue weighted by molar-refractivity contribution is 0.982. The monoisotopic (exact) mass is 169 g/mol. The maximum Gasteiger partial charge on any atom is 0.140 e. The van der Waals surface area contributed by atoms with E-state index in [2.05, 4.69) is 4.98 Å². The van der Waals surface area contributed by atoms with E-state index in [4.69, 9.17) is 11.0 Å². The summed E-state index contributed by atoms with van der Waals surface area (Å²) in [7, 11) is 0. The second-order valence-electron chi connectivity index (χ2n) is 1.83. The molecule has 1 aromatic rings. The Kier molecular flexibility index (Phi) is 4.20. The molecule has 0 saturated carbocycles.